The first-order chi connectivity index (χ1) is 11.7. The highest BCUT2D eigenvalue weighted by molar-refractivity contribution is 5.83. The van der Waals surface area contributed by atoms with Gasteiger partial charge < -0.3 is 9.64 Å². The predicted molar refractivity (Wildman–Crippen MR) is 92.8 cm³/mol. The Morgan fingerprint density at radius 1 is 0.917 bits per heavy atom. The summed E-state index contributed by atoms with van der Waals surface area (Å²) in [6.45, 7) is 5.21. The summed E-state index contributed by atoms with van der Waals surface area (Å²) in [6.07, 6.45) is 9.17. The third kappa shape index (κ3) is 4.17. The van der Waals surface area contributed by atoms with Crippen LogP contribution in [-0.4, -0.2) is 66.4 Å². The van der Waals surface area contributed by atoms with Gasteiger partial charge >= 0.3 is 0 Å². The number of likely N-dealkylation sites (tertiary alicyclic amines) is 1. The zero-order valence-corrected chi connectivity index (χ0v) is 15.0. The second kappa shape index (κ2) is 8.43. The molecule has 5 heteroatoms. The van der Waals surface area contributed by atoms with Crippen LogP contribution in [0.25, 0.3) is 0 Å². The Bertz CT molecular complexity index is 440. The van der Waals surface area contributed by atoms with Gasteiger partial charge in [0, 0.05) is 31.6 Å². The summed E-state index contributed by atoms with van der Waals surface area (Å²) in [4.78, 5) is 29.4. The second-order valence-electron chi connectivity index (χ2n) is 7.68. The lowest BCUT2D eigenvalue weighted by molar-refractivity contribution is -0.146. The number of hydrogen-bond donors (Lipinski definition) is 0. The van der Waals surface area contributed by atoms with Gasteiger partial charge in [0.15, 0.2) is 0 Å². The van der Waals surface area contributed by atoms with Crippen molar-refractivity contribution in [3.63, 3.8) is 0 Å². The number of ether oxygens (including phenoxy) is 1. The molecule has 2 aliphatic heterocycles. The molecular weight excluding hydrogens is 304 g/mol. The molecule has 1 saturated carbocycles. The Morgan fingerprint density at radius 2 is 1.58 bits per heavy atom. The lowest BCUT2D eigenvalue weighted by Gasteiger charge is -2.44. The van der Waals surface area contributed by atoms with Gasteiger partial charge in [-0.05, 0) is 32.6 Å². The number of hydrogen-bond acceptors (Lipinski definition) is 4. The molecule has 3 fully saturated rings. The van der Waals surface area contributed by atoms with Crippen LogP contribution in [0.3, 0.4) is 0 Å². The number of carbonyl (C=O) groups excluding carboxylic acids is 2. The molecular formula is C19H32N2O3. The number of ketones is 1. The standard InChI is InChI=1S/C19H32N2O3/c1-15(22)16-8-9-18(19(23)20-10-12-24-13-11-20)21(14-16)17-6-4-2-3-5-7-17/h16-18H,2-14H2,1H3. The quantitative estimate of drug-likeness (QED) is 0.742. The van der Waals surface area contributed by atoms with Crippen LogP contribution in [0.5, 0.6) is 0 Å². The van der Waals surface area contributed by atoms with Gasteiger partial charge in [0.25, 0.3) is 0 Å². The van der Waals surface area contributed by atoms with Crippen molar-refractivity contribution >= 4 is 11.7 Å². The summed E-state index contributed by atoms with van der Waals surface area (Å²) in [7, 11) is 0. The zero-order valence-electron chi connectivity index (χ0n) is 15.0. The van der Waals surface area contributed by atoms with Crippen LogP contribution >= 0.6 is 0 Å². The van der Waals surface area contributed by atoms with Crippen LogP contribution in [0.15, 0.2) is 0 Å². The fourth-order valence-corrected chi connectivity index (χ4v) is 4.58. The number of rotatable bonds is 3. The van der Waals surface area contributed by atoms with Crippen LogP contribution in [0.4, 0.5) is 0 Å². The minimum Gasteiger partial charge on any atom is -0.378 e. The SMILES string of the molecule is CC(=O)C1CCC(C(=O)N2CCOCC2)N(C2CCCCCC2)C1. The van der Waals surface area contributed by atoms with Gasteiger partial charge in [0.1, 0.15) is 5.78 Å². The van der Waals surface area contributed by atoms with Crippen LogP contribution in [0.2, 0.25) is 0 Å². The van der Waals surface area contributed by atoms with E-state index in [1.54, 1.807) is 6.92 Å². The Morgan fingerprint density at radius 3 is 2.21 bits per heavy atom. The van der Waals surface area contributed by atoms with E-state index in [0.717, 1.165) is 19.4 Å². The van der Waals surface area contributed by atoms with Crippen LogP contribution < -0.4 is 0 Å². The molecule has 1 amide bonds. The van der Waals surface area contributed by atoms with E-state index in [2.05, 4.69) is 4.90 Å². The number of nitrogens with zero attached hydrogens (tertiary/aromatic N) is 2. The smallest absolute Gasteiger partial charge is 0.240 e. The molecule has 0 bridgehead atoms. The van der Waals surface area contributed by atoms with E-state index in [-0.39, 0.29) is 23.7 Å². The predicted octanol–water partition coefficient (Wildman–Crippen LogP) is 2.24. The summed E-state index contributed by atoms with van der Waals surface area (Å²) < 4.78 is 5.39. The lowest BCUT2D eigenvalue weighted by atomic mass is 9.87. The highest BCUT2D eigenvalue weighted by Crippen LogP contribution is 2.31. The van der Waals surface area contributed by atoms with Crippen molar-refractivity contribution in [2.75, 3.05) is 32.8 Å². The number of carbonyl (C=O) groups is 2. The third-order valence-electron chi connectivity index (χ3n) is 6.10. The Kier molecular flexibility index (Phi) is 6.28. The molecule has 1 aliphatic carbocycles. The number of amides is 1. The monoisotopic (exact) mass is 336 g/mol. The molecule has 3 rings (SSSR count). The number of morpholine rings is 1. The first-order valence-corrected chi connectivity index (χ1v) is 9.79. The summed E-state index contributed by atoms with van der Waals surface area (Å²) in [5.41, 5.74) is 0. The van der Waals surface area contributed by atoms with Gasteiger partial charge in [-0.1, -0.05) is 25.7 Å². The van der Waals surface area contributed by atoms with Crippen molar-refractivity contribution in [2.45, 2.75) is 70.4 Å². The highest BCUT2D eigenvalue weighted by atomic mass is 16.5. The van der Waals surface area contributed by atoms with E-state index >= 15 is 0 Å². The van der Waals surface area contributed by atoms with E-state index in [0.29, 0.717) is 32.3 Å². The van der Waals surface area contributed by atoms with Gasteiger partial charge in [-0.3, -0.25) is 14.5 Å². The largest absolute Gasteiger partial charge is 0.378 e. The van der Waals surface area contributed by atoms with Gasteiger partial charge in [0.2, 0.25) is 5.91 Å². The summed E-state index contributed by atoms with van der Waals surface area (Å²) in [6, 6.07) is 0.450. The fraction of sp³-hybridized carbons (Fsp3) is 0.895. The topological polar surface area (TPSA) is 49.9 Å². The molecule has 2 saturated heterocycles. The maximum Gasteiger partial charge on any atom is 0.240 e. The maximum absolute atomic E-state index is 13.1. The highest BCUT2D eigenvalue weighted by Gasteiger charge is 2.40. The molecule has 2 unspecified atom stereocenters. The maximum atomic E-state index is 13.1. The second-order valence-corrected chi connectivity index (χ2v) is 7.68. The van der Waals surface area contributed by atoms with E-state index in [1.165, 1.54) is 38.5 Å². The number of Topliss-reactive ketones (excluding diaryl/α,β-unsaturated/α-hetero) is 1. The van der Waals surface area contributed by atoms with E-state index in [9.17, 15) is 9.59 Å². The minimum absolute atomic E-state index is 0.0261. The van der Waals surface area contributed by atoms with E-state index in [4.69, 9.17) is 4.74 Å². The van der Waals surface area contributed by atoms with Crippen molar-refractivity contribution in [3.05, 3.63) is 0 Å². The zero-order chi connectivity index (χ0) is 16.9. The first-order valence-electron chi connectivity index (χ1n) is 9.79. The minimum atomic E-state index is -0.0261. The van der Waals surface area contributed by atoms with E-state index < -0.39 is 0 Å². The third-order valence-corrected chi connectivity index (χ3v) is 6.10. The molecule has 0 aromatic carbocycles. The van der Waals surface area contributed by atoms with Gasteiger partial charge in [0.05, 0.1) is 19.3 Å². The molecule has 3 aliphatic rings. The van der Waals surface area contributed by atoms with E-state index in [1.807, 2.05) is 4.90 Å². The molecule has 0 aromatic heterocycles. The summed E-state index contributed by atoms with van der Waals surface area (Å²) in [5, 5.41) is 0. The molecule has 5 nitrogen and oxygen atoms in total. The molecule has 0 spiro atoms. The Hall–Kier alpha value is -0.940. The molecule has 2 heterocycles. The average molecular weight is 336 g/mol. The molecule has 24 heavy (non-hydrogen) atoms. The lowest BCUT2D eigenvalue weighted by Crippen LogP contribution is -2.58. The Labute approximate surface area is 145 Å². The molecule has 136 valence electrons. The van der Waals surface area contributed by atoms with Crippen LogP contribution in [-0.2, 0) is 14.3 Å². The molecule has 0 radical (unpaired) electrons. The van der Waals surface area contributed by atoms with Gasteiger partial charge in [-0.2, -0.15) is 0 Å². The van der Waals surface area contributed by atoms with Gasteiger partial charge in [-0.15, -0.1) is 0 Å². The summed E-state index contributed by atoms with van der Waals surface area (Å²) >= 11 is 0. The van der Waals surface area contributed by atoms with Crippen molar-refractivity contribution < 1.29 is 14.3 Å². The number of piperidine rings is 1. The van der Waals surface area contributed by atoms with Crippen molar-refractivity contribution in [1.82, 2.24) is 9.80 Å². The molecule has 0 aromatic rings. The average Bonchev–Trinajstić information content (AvgIpc) is 2.90. The summed E-state index contributed by atoms with van der Waals surface area (Å²) in [5.74, 6) is 0.664. The van der Waals surface area contributed by atoms with Crippen molar-refractivity contribution in [1.29, 1.82) is 0 Å². The fourth-order valence-electron chi connectivity index (χ4n) is 4.58. The van der Waals surface area contributed by atoms with Crippen molar-refractivity contribution in [2.24, 2.45) is 5.92 Å². The molecule has 0 N–H and O–H groups in total. The normalized spacial score (nSPS) is 30.8. The Balaban J connectivity index is 1.73. The first kappa shape index (κ1) is 17.9. The van der Waals surface area contributed by atoms with Crippen molar-refractivity contribution in [3.8, 4) is 0 Å². The molecule has 2 atom stereocenters. The van der Waals surface area contributed by atoms with Gasteiger partial charge in [-0.25, -0.2) is 0 Å². The van der Waals surface area contributed by atoms with Crippen LogP contribution in [0.1, 0.15) is 58.3 Å². The van der Waals surface area contributed by atoms with Crippen LogP contribution in [0, 0.1) is 5.92 Å².